The molecule has 1 fully saturated rings. The van der Waals surface area contributed by atoms with Crippen LogP contribution in [0.5, 0.6) is 0 Å². The van der Waals surface area contributed by atoms with E-state index in [0.29, 0.717) is 12.5 Å². The molecule has 1 saturated carbocycles. The van der Waals surface area contributed by atoms with Crippen LogP contribution in [0.25, 0.3) is 0 Å². The van der Waals surface area contributed by atoms with Crippen LogP contribution >= 0.6 is 0 Å². The fourth-order valence-electron chi connectivity index (χ4n) is 1.81. The van der Waals surface area contributed by atoms with Gasteiger partial charge in [-0.15, -0.1) is 0 Å². The molecule has 6 heteroatoms. The van der Waals surface area contributed by atoms with Gasteiger partial charge < -0.3 is 10.6 Å². The Morgan fingerprint density at radius 3 is 2.79 bits per heavy atom. The number of nitrogens with one attached hydrogen (secondary N) is 2. The van der Waals surface area contributed by atoms with E-state index in [1.54, 1.807) is 12.5 Å². The van der Waals surface area contributed by atoms with Crippen molar-refractivity contribution < 1.29 is 0 Å². The fourth-order valence-corrected chi connectivity index (χ4v) is 1.81. The van der Waals surface area contributed by atoms with Crippen LogP contribution in [0.15, 0.2) is 24.7 Å². The Morgan fingerprint density at radius 1 is 1.26 bits per heavy atom. The van der Waals surface area contributed by atoms with Gasteiger partial charge in [-0.1, -0.05) is 0 Å². The second-order valence-corrected chi connectivity index (χ2v) is 4.58. The average Bonchev–Trinajstić information content (AvgIpc) is 3.30. The Balaban J connectivity index is 1.74. The zero-order chi connectivity index (χ0) is 13.1. The monoisotopic (exact) mass is 256 g/mol. The molecule has 0 radical (unpaired) electrons. The molecule has 0 spiro atoms. The van der Waals surface area contributed by atoms with Gasteiger partial charge in [0.25, 0.3) is 0 Å². The summed E-state index contributed by atoms with van der Waals surface area (Å²) in [6.45, 7) is 0.632. The smallest absolute Gasteiger partial charge is 0.136 e. The molecule has 1 aliphatic rings. The van der Waals surface area contributed by atoms with Gasteiger partial charge in [0.1, 0.15) is 23.8 Å². The molecule has 0 atom stereocenters. The Bertz CT molecular complexity index is 552. The Labute approximate surface area is 111 Å². The van der Waals surface area contributed by atoms with Crippen molar-refractivity contribution in [2.75, 3.05) is 17.7 Å². The summed E-state index contributed by atoms with van der Waals surface area (Å²) >= 11 is 0. The summed E-state index contributed by atoms with van der Waals surface area (Å²) in [6, 6.07) is 3.79. The van der Waals surface area contributed by atoms with Gasteiger partial charge in [-0.3, -0.25) is 0 Å². The van der Waals surface area contributed by atoms with E-state index < -0.39 is 0 Å². The van der Waals surface area contributed by atoms with Crippen molar-refractivity contribution in [1.29, 1.82) is 0 Å². The van der Waals surface area contributed by atoms with Crippen LogP contribution in [-0.2, 0) is 6.54 Å². The molecule has 19 heavy (non-hydrogen) atoms. The van der Waals surface area contributed by atoms with Gasteiger partial charge in [0, 0.05) is 25.2 Å². The van der Waals surface area contributed by atoms with Gasteiger partial charge in [0.15, 0.2) is 0 Å². The number of anilines is 2. The molecule has 0 bridgehead atoms. The highest BCUT2D eigenvalue weighted by molar-refractivity contribution is 5.48. The molecular weight excluding hydrogens is 240 g/mol. The van der Waals surface area contributed by atoms with E-state index in [2.05, 4.69) is 30.6 Å². The highest BCUT2D eigenvalue weighted by Crippen LogP contribution is 2.38. The minimum Gasteiger partial charge on any atom is -0.373 e. The quantitative estimate of drug-likeness (QED) is 0.849. The van der Waals surface area contributed by atoms with Crippen molar-refractivity contribution in [3.8, 4) is 0 Å². The third kappa shape index (κ3) is 2.96. The number of hydrogen-bond acceptors (Lipinski definition) is 6. The topological polar surface area (TPSA) is 75.6 Å². The van der Waals surface area contributed by atoms with Crippen molar-refractivity contribution in [2.45, 2.75) is 25.3 Å². The molecule has 0 aromatic carbocycles. The van der Waals surface area contributed by atoms with Gasteiger partial charge in [-0.05, 0) is 18.9 Å². The highest BCUT2D eigenvalue weighted by atomic mass is 15.1. The van der Waals surface area contributed by atoms with Gasteiger partial charge in [-0.25, -0.2) is 19.9 Å². The van der Waals surface area contributed by atoms with Gasteiger partial charge in [-0.2, -0.15) is 0 Å². The summed E-state index contributed by atoms with van der Waals surface area (Å²) in [4.78, 5) is 17.1. The summed E-state index contributed by atoms with van der Waals surface area (Å²) in [7, 11) is 1.87. The molecule has 1 aliphatic carbocycles. The Hall–Kier alpha value is -2.24. The van der Waals surface area contributed by atoms with Crippen LogP contribution in [0.2, 0.25) is 0 Å². The molecule has 2 N–H and O–H groups in total. The second kappa shape index (κ2) is 5.17. The van der Waals surface area contributed by atoms with E-state index in [1.807, 2.05) is 19.2 Å². The maximum Gasteiger partial charge on any atom is 0.136 e. The molecule has 2 aromatic rings. The third-order valence-corrected chi connectivity index (χ3v) is 3.04. The van der Waals surface area contributed by atoms with Crippen LogP contribution in [0, 0.1) is 0 Å². The summed E-state index contributed by atoms with van der Waals surface area (Å²) in [5.74, 6) is 3.15. The Kier molecular flexibility index (Phi) is 3.22. The average molecular weight is 256 g/mol. The molecule has 98 valence electrons. The van der Waals surface area contributed by atoms with Crippen molar-refractivity contribution in [2.24, 2.45) is 0 Å². The summed E-state index contributed by atoms with van der Waals surface area (Å²) in [5.41, 5.74) is 0.938. The second-order valence-electron chi connectivity index (χ2n) is 4.58. The minimum absolute atomic E-state index is 0.535. The van der Waals surface area contributed by atoms with Crippen LogP contribution in [0.4, 0.5) is 11.6 Å². The van der Waals surface area contributed by atoms with Crippen LogP contribution < -0.4 is 10.6 Å². The highest BCUT2D eigenvalue weighted by Gasteiger charge is 2.27. The maximum absolute atomic E-state index is 4.55. The van der Waals surface area contributed by atoms with Crippen LogP contribution in [0.1, 0.15) is 30.3 Å². The first kappa shape index (κ1) is 11.8. The zero-order valence-electron chi connectivity index (χ0n) is 10.8. The first-order valence-corrected chi connectivity index (χ1v) is 6.40. The first-order chi connectivity index (χ1) is 9.35. The standard InChI is InChI=1S/C13H16N6/c1-14-11-6-12(19-13(18-11)9-2-3-9)16-7-10-4-5-15-8-17-10/h4-6,8-9H,2-3,7H2,1H3,(H2,14,16,18,19). The maximum atomic E-state index is 4.55. The van der Waals surface area contributed by atoms with Crippen molar-refractivity contribution in [1.82, 2.24) is 19.9 Å². The SMILES string of the molecule is CNc1cc(NCc2ccncn2)nc(C2CC2)n1. The predicted molar refractivity (Wildman–Crippen MR) is 72.9 cm³/mol. The van der Waals surface area contributed by atoms with E-state index in [9.17, 15) is 0 Å². The molecular formula is C13H16N6. The molecule has 6 nitrogen and oxygen atoms in total. The van der Waals surface area contributed by atoms with E-state index in [-0.39, 0.29) is 0 Å². The number of aromatic nitrogens is 4. The van der Waals surface area contributed by atoms with Gasteiger partial charge in [0.05, 0.1) is 12.2 Å². The lowest BCUT2D eigenvalue weighted by molar-refractivity contribution is 0.916. The predicted octanol–water partition coefficient (Wildman–Crippen LogP) is 1.80. The van der Waals surface area contributed by atoms with Crippen molar-refractivity contribution in [3.63, 3.8) is 0 Å². The molecule has 2 aromatic heterocycles. The zero-order valence-corrected chi connectivity index (χ0v) is 10.8. The van der Waals surface area contributed by atoms with Crippen molar-refractivity contribution in [3.05, 3.63) is 36.2 Å². The van der Waals surface area contributed by atoms with E-state index in [0.717, 1.165) is 23.2 Å². The summed E-state index contributed by atoms with van der Waals surface area (Å²) < 4.78 is 0. The largest absolute Gasteiger partial charge is 0.373 e. The normalized spacial score (nSPS) is 14.2. The van der Waals surface area contributed by atoms with Crippen LogP contribution in [-0.4, -0.2) is 27.0 Å². The lowest BCUT2D eigenvalue weighted by Gasteiger charge is -2.09. The van der Waals surface area contributed by atoms with Crippen molar-refractivity contribution >= 4 is 11.6 Å². The van der Waals surface area contributed by atoms with Crippen LogP contribution in [0.3, 0.4) is 0 Å². The molecule has 0 aliphatic heterocycles. The summed E-state index contributed by atoms with van der Waals surface area (Å²) in [6.07, 6.45) is 5.67. The summed E-state index contributed by atoms with van der Waals surface area (Å²) in [5, 5.41) is 6.35. The molecule has 0 unspecified atom stereocenters. The van der Waals surface area contributed by atoms with E-state index in [4.69, 9.17) is 0 Å². The van der Waals surface area contributed by atoms with E-state index in [1.165, 1.54) is 12.8 Å². The van der Waals surface area contributed by atoms with Gasteiger partial charge in [0.2, 0.25) is 0 Å². The lowest BCUT2D eigenvalue weighted by atomic mass is 10.3. The molecule has 0 amide bonds. The number of nitrogens with zero attached hydrogens (tertiary/aromatic N) is 4. The first-order valence-electron chi connectivity index (χ1n) is 6.40. The Morgan fingerprint density at radius 2 is 2.11 bits per heavy atom. The van der Waals surface area contributed by atoms with Gasteiger partial charge >= 0.3 is 0 Å². The minimum atomic E-state index is 0.535. The third-order valence-electron chi connectivity index (χ3n) is 3.04. The number of rotatable bonds is 5. The molecule has 2 heterocycles. The van der Waals surface area contributed by atoms with E-state index >= 15 is 0 Å². The fraction of sp³-hybridized carbons (Fsp3) is 0.385. The molecule has 3 rings (SSSR count). The number of hydrogen-bond donors (Lipinski definition) is 2. The lowest BCUT2D eigenvalue weighted by Crippen LogP contribution is -2.07. The molecule has 0 saturated heterocycles.